The summed E-state index contributed by atoms with van der Waals surface area (Å²) in [7, 11) is 0. The van der Waals surface area contributed by atoms with Crippen LogP contribution in [0.2, 0.25) is 0 Å². The SMILES string of the molecule is FC(F)(F)c1cc(SCc2ccccc2)nc(-c2ncccn2)n1. The highest BCUT2D eigenvalue weighted by Gasteiger charge is 2.34. The highest BCUT2D eigenvalue weighted by Crippen LogP contribution is 2.32. The van der Waals surface area contributed by atoms with Crippen molar-refractivity contribution in [3.8, 4) is 11.6 Å². The van der Waals surface area contributed by atoms with Gasteiger partial charge < -0.3 is 0 Å². The molecule has 1 aromatic carbocycles. The molecule has 0 amide bonds. The number of thioether (sulfide) groups is 1. The zero-order valence-corrected chi connectivity index (χ0v) is 13.1. The van der Waals surface area contributed by atoms with Crippen molar-refractivity contribution in [3.63, 3.8) is 0 Å². The van der Waals surface area contributed by atoms with Gasteiger partial charge in [-0.15, -0.1) is 11.8 Å². The lowest BCUT2D eigenvalue weighted by Crippen LogP contribution is -2.10. The topological polar surface area (TPSA) is 51.6 Å². The fourth-order valence-corrected chi connectivity index (χ4v) is 2.74. The van der Waals surface area contributed by atoms with Crippen LogP contribution in [0.5, 0.6) is 0 Å². The van der Waals surface area contributed by atoms with Crippen LogP contribution >= 0.6 is 11.8 Å². The van der Waals surface area contributed by atoms with E-state index < -0.39 is 11.9 Å². The van der Waals surface area contributed by atoms with E-state index in [1.54, 1.807) is 6.07 Å². The molecule has 0 N–H and O–H groups in total. The normalized spacial score (nSPS) is 11.5. The van der Waals surface area contributed by atoms with E-state index in [9.17, 15) is 13.2 Å². The molecule has 24 heavy (non-hydrogen) atoms. The molecule has 0 saturated heterocycles. The molecule has 0 saturated carbocycles. The van der Waals surface area contributed by atoms with Gasteiger partial charge in [0.05, 0.1) is 0 Å². The number of rotatable bonds is 4. The summed E-state index contributed by atoms with van der Waals surface area (Å²) in [6, 6.07) is 12.0. The highest BCUT2D eigenvalue weighted by atomic mass is 32.2. The second kappa shape index (κ2) is 6.96. The van der Waals surface area contributed by atoms with Gasteiger partial charge in [0, 0.05) is 24.2 Å². The van der Waals surface area contributed by atoms with Gasteiger partial charge in [-0.3, -0.25) is 0 Å². The van der Waals surface area contributed by atoms with Crippen molar-refractivity contribution < 1.29 is 13.2 Å². The van der Waals surface area contributed by atoms with E-state index in [-0.39, 0.29) is 16.7 Å². The first-order valence-corrected chi connectivity index (χ1v) is 7.91. The first-order valence-electron chi connectivity index (χ1n) is 6.93. The first kappa shape index (κ1) is 16.4. The molecular formula is C16H11F3N4S. The molecule has 0 aliphatic carbocycles. The van der Waals surface area contributed by atoms with Gasteiger partial charge in [-0.05, 0) is 11.6 Å². The lowest BCUT2D eigenvalue weighted by Gasteiger charge is -2.09. The van der Waals surface area contributed by atoms with Gasteiger partial charge in [0.1, 0.15) is 10.7 Å². The molecule has 4 nitrogen and oxygen atoms in total. The van der Waals surface area contributed by atoms with Crippen LogP contribution in [0.25, 0.3) is 11.6 Å². The Balaban J connectivity index is 1.93. The molecule has 0 bridgehead atoms. The zero-order valence-electron chi connectivity index (χ0n) is 12.2. The van der Waals surface area contributed by atoms with E-state index in [0.717, 1.165) is 11.6 Å². The molecular weight excluding hydrogens is 337 g/mol. The van der Waals surface area contributed by atoms with Gasteiger partial charge in [0.25, 0.3) is 0 Å². The lowest BCUT2D eigenvalue weighted by atomic mass is 10.2. The molecule has 3 rings (SSSR count). The predicted octanol–water partition coefficient (Wildman–Crippen LogP) is 4.24. The summed E-state index contributed by atoms with van der Waals surface area (Å²) in [6.07, 6.45) is -1.69. The predicted molar refractivity (Wildman–Crippen MR) is 84.1 cm³/mol. The molecule has 0 aliphatic heterocycles. The van der Waals surface area contributed by atoms with Crippen LogP contribution in [-0.4, -0.2) is 19.9 Å². The Morgan fingerprint density at radius 3 is 2.25 bits per heavy atom. The number of benzene rings is 1. The van der Waals surface area contributed by atoms with E-state index >= 15 is 0 Å². The Hall–Kier alpha value is -2.48. The number of hydrogen-bond acceptors (Lipinski definition) is 5. The number of halogens is 3. The summed E-state index contributed by atoms with van der Waals surface area (Å²) in [5.74, 6) is 0.427. The Morgan fingerprint density at radius 2 is 1.58 bits per heavy atom. The van der Waals surface area contributed by atoms with Crippen molar-refractivity contribution in [1.82, 2.24) is 19.9 Å². The molecule has 0 radical (unpaired) electrons. The number of hydrogen-bond donors (Lipinski definition) is 0. The van der Waals surface area contributed by atoms with Crippen LogP contribution < -0.4 is 0 Å². The average Bonchev–Trinajstić information content (AvgIpc) is 2.61. The fraction of sp³-hybridized carbons (Fsp3) is 0.125. The Kier molecular flexibility index (Phi) is 4.75. The largest absolute Gasteiger partial charge is 0.433 e. The van der Waals surface area contributed by atoms with Crippen molar-refractivity contribution in [1.29, 1.82) is 0 Å². The van der Waals surface area contributed by atoms with Crippen molar-refractivity contribution in [2.45, 2.75) is 17.0 Å². The molecule has 2 aromatic heterocycles. The molecule has 2 heterocycles. The second-order valence-corrected chi connectivity index (χ2v) is 5.76. The van der Waals surface area contributed by atoms with E-state index in [1.165, 1.54) is 24.2 Å². The van der Waals surface area contributed by atoms with Gasteiger partial charge in [0.2, 0.25) is 0 Å². The second-order valence-electron chi connectivity index (χ2n) is 4.76. The highest BCUT2D eigenvalue weighted by molar-refractivity contribution is 7.98. The van der Waals surface area contributed by atoms with Gasteiger partial charge in [-0.1, -0.05) is 30.3 Å². The van der Waals surface area contributed by atoms with Crippen LogP contribution in [0.1, 0.15) is 11.3 Å². The average molecular weight is 348 g/mol. The van der Waals surface area contributed by atoms with Crippen LogP contribution in [-0.2, 0) is 11.9 Å². The maximum Gasteiger partial charge on any atom is 0.433 e. The van der Waals surface area contributed by atoms with Crippen LogP contribution in [0.4, 0.5) is 13.2 Å². The molecule has 8 heteroatoms. The van der Waals surface area contributed by atoms with Crippen LogP contribution in [0.3, 0.4) is 0 Å². The maximum atomic E-state index is 13.1. The lowest BCUT2D eigenvalue weighted by molar-refractivity contribution is -0.141. The van der Waals surface area contributed by atoms with Crippen molar-refractivity contribution in [3.05, 3.63) is 66.1 Å². The van der Waals surface area contributed by atoms with E-state index in [1.807, 2.05) is 30.3 Å². The maximum absolute atomic E-state index is 13.1. The molecule has 3 aromatic rings. The van der Waals surface area contributed by atoms with Gasteiger partial charge >= 0.3 is 6.18 Å². The molecule has 122 valence electrons. The minimum atomic E-state index is -4.56. The quantitative estimate of drug-likeness (QED) is 0.521. The van der Waals surface area contributed by atoms with E-state index in [0.29, 0.717) is 5.75 Å². The first-order chi connectivity index (χ1) is 11.5. The van der Waals surface area contributed by atoms with Crippen molar-refractivity contribution in [2.24, 2.45) is 0 Å². The third-order valence-electron chi connectivity index (χ3n) is 2.99. The third kappa shape index (κ3) is 4.08. The van der Waals surface area contributed by atoms with Gasteiger partial charge in [-0.25, -0.2) is 19.9 Å². The van der Waals surface area contributed by atoms with E-state index in [4.69, 9.17) is 0 Å². The Morgan fingerprint density at radius 1 is 0.875 bits per heavy atom. The standard InChI is InChI=1S/C16H11F3N4S/c17-16(18,19)12-9-13(24-10-11-5-2-1-3-6-11)23-15(22-12)14-20-7-4-8-21-14/h1-9H,10H2. The number of aromatic nitrogens is 4. The molecule has 0 fully saturated rings. The fourth-order valence-electron chi connectivity index (χ4n) is 1.89. The number of nitrogens with zero attached hydrogens (tertiary/aromatic N) is 4. The van der Waals surface area contributed by atoms with Crippen molar-refractivity contribution in [2.75, 3.05) is 0 Å². The molecule has 0 unspecified atom stereocenters. The van der Waals surface area contributed by atoms with Crippen molar-refractivity contribution >= 4 is 11.8 Å². The monoisotopic (exact) mass is 348 g/mol. The minimum absolute atomic E-state index is 0.0603. The Labute approximate surface area is 140 Å². The van der Waals surface area contributed by atoms with Gasteiger partial charge in [0.15, 0.2) is 11.6 Å². The van der Waals surface area contributed by atoms with E-state index in [2.05, 4.69) is 19.9 Å². The third-order valence-corrected chi connectivity index (χ3v) is 3.97. The Bertz CT molecular complexity index is 811. The zero-order chi connectivity index (χ0) is 17.0. The summed E-state index contributed by atoms with van der Waals surface area (Å²) < 4.78 is 39.3. The summed E-state index contributed by atoms with van der Waals surface area (Å²) >= 11 is 1.21. The van der Waals surface area contributed by atoms with Crippen LogP contribution in [0, 0.1) is 0 Å². The number of alkyl halides is 3. The smallest absolute Gasteiger partial charge is 0.234 e. The summed E-state index contributed by atoms with van der Waals surface area (Å²) in [4.78, 5) is 15.6. The molecule has 0 spiro atoms. The van der Waals surface area contributed by atoms with Crippen LogP contribution in [0.15, 0.2) is 59.9 Å². The minimum Gasteiger partial charge on any atom is -0.234 e. The summed E-state index contributed by atoms with van der Waals surface area (Å²) in [5, 5.41) is 0.226. The molecule has 0 atom stereocenters. The summed E-state index contributed by atoms with van der Waals surface area (Å²) in [5.41, 5.74) is -0.0114. The molecule has 0 aliphatic rings. The van der Waals surface area contributed by atoms with Gasteiger partial charge in [-0.2, -0.15) is 13.2 Å². The summed E-state index contributed by atoms with van der Waals surface area (Å²) in [6.45, 7) is 0.